The third kappa shape index (κ3) is 4.25. The zero-order chi connectivity index (χ0) is 19.7. The number of likely N-dealkylation sites (tertiary alicyclic amines) is 1. The van der Waals surface area contributed by atoms with E-state index in [4.69, 9.17) is 5.73 Å². The van der Waals surface area contributed by atoms with Crippen molar-refractivity contribution in [3.8, 4) is 0 Å². The molecule has 1 amide bonds. The molecule has 0 radical (unpaired) electrons. The number of H-pyrrole nitrogens is 1. The molecule has 152 valence electrons. The highest BCUT2D eigenvalue weighted by atomic mass is 79.9. The highest BCUT2D eigenvalue weighted by Crippen LogP contribution is 2.24. The van der Waals surface area contributed by atoms with E-state index in [9.17, 15) is 4.79 Å². The average molecular weight is 449 g/mol. The van der Waals surface area contributed by atoms with Crippen molar-refractivity contribution in [3.05, 3.63) is 28.4 Å². The lowest BCUT2D eigenvalue weighted by Gasteiger charge is -2.42. The van der Waals surface area contributed by atoms with Crippen LogP contribution in [0.3, 0.4) is 0 Å². The molecular weight excluding hydrogens is 420 g/mol. The number of hydrogen-bond donors (Lipinski definition) is 2. The summed E-state index contributed by atoms with van der Waals surface area (Å²) in [5.41, 5.74) is 8.31. The molecule has 2 saturated heterocycles. The first-order chi connectivity index (χ1) is 13.5. The Morgan fingerprint density at radius 1 is 1.25 bits per heavy atom. The maximum absolute atomic E-state index is 12.9. The van der Waals surface area contributed by atoms with Gasteiger partial charge in [0.15, 0.2) is 0 Å². The third-order valence-electron chi connectivity index (χ3n) is 6.16. The number of nitrogens with two attached hydrogens (primary N) is 1. The van der Waals surface area contributed by atoms with Gasteiger partial charge in [-0.3, -0.25) is 14.8 Å². The van der Waals surface area contributed by atoms with Crippen LogP contribution >= 0.6 is 15.9 Å². The van der Waals surface area contributed by atoms with Crippen molar-refractivity contribution >= 4 is 32.7 Å². The fraction of sp³-hybridized carbons (Fsp3) is 0.600. The molecule has 2 aromatic rings. The minimum absolute atomic E-state index is 0.0615. The van der Waals surface area contributed by atoms with Gasteiger partial charge in [-0.1, -0.05) is 0 Å². The molecule has 0 spiro atoms. The third-order valence-corrected chi connectivity index (χ3v) is 6.79. The van der Waals surface area contributed by atoms with Gasteiger partial charge in [0.25, 0.3) is 0 Å². The zero-order valence-corrected chi connectivity index (χ0v) is 18.0. The fourth-order valence-electron chi connectivity index (χ4n) is 4.43. The minimum atomic E-state index is -0.508. The van der Waals surface area contributed by atoms with E-state index < -0.39 is 6.04 Å². The highest BCUT2D eigenvalue weighted by molar-refractivity contribution is 9.10. The van der Waals surface area contributed by atoms with Crippen LogP contribution in [-0.4, -0.2) is 89.2 Å². The van der Waals surface area contributed by atoms with E-state index in [1.165, 1.54) is 25.9 Å². The number of rotatable bonds is 4. The summed E-state index contributed by atoms with van der Waals surface area (Å²) in [7, 11) is 2.19. The molecule has 2 fully saturated rings. The van der Waals surface area contributed by atoms with E-state index in [2.05, 4.69) is 49.0 Å². The number of piperidine rings is 1. The van der Waals surface area contributed by atoms with Crippen LogP contribution in [0, 0.1) is 0 Å². The molecule has 1 atom stereocenters. The largest absolute Gasteiger partial charge is 0.339 e. The van der Waals surface area contributed by atoms with Gasteiger partial charge in [-0.2, -0.15) is 5.10 Å². The molecule has 1 unspecified atom stereocenters. The number of fused-ring (bicyclic) bond motifs is 1. The minimum Gasteiger partial charge on any atom is -0.339 e. The first-order valence-corrected chi connectivity index (χ1v) is 10.9. The van der Waals surface area contributed by atoms with E-state index in [-0.39, 0.29) is 5.91 Å². The van der Waals surface area contributed by atoms with Crippen LogP contribution in [0.15, 0.2) is 22.8 Å². The van der Waals surface area contributed by atoms with Crippen LogP contribution in [0.25, 0.3) is 10.9 Å². The number of carbonyl (C=O) groups excluding carboxylic acids is 1. The Hall–Kier alpha value is -1.48. The summed E-state index contributed by atoms with van der Waals surface area (Å²) in [6, 6.07) is 4.23. The van der Waals surface area contributed by atoms with Crippen molar-refractivity contribution in [2.45, 2.75) is 31.3 Å². The predicted octanol–water partition coefficient (Wildman–Crippen LogP) is 1.43. The van der Waals surface area contributed by atoms with Crippen LogP contribution < -0.4 is 5.73 Å². The molecule has 3 N–H and O–H groups in total. The van der Waals surface area contributed by atoms with E-state index >= 15 is 0 Å². The van der Waals surface area contributed by atoms with E-state index in [1.807, 2.05) is 11.0 Å². The number of amides is 1. The molecule has 2 aliphatic rings. The summed E-state index contributed by atoms with van der Waals surface area (Å²) in [6.45, 7) is 5.82. The molecule has 2 aliphatic heterocycles. The summed E-state index contributed by atoms with van der Waals surface area (Å²) in [5, 5.41) is 8.06. The van der Waals surface area contributed by atoms with Gasteiger partial charge in [0.1, 0.15) is 0 Å². The molecule has 7 nitrogen and oxygen atoms in total. The lowest BCUT2D eigenvalue weighted by atomic mass is 10.0. The van der Waals surface area contributed by atoms with Gasteiger partial charge >= 0.3 is 0 Å². The van der Waals surface area contributed by atoms with Crippen LogP contribution in [0.1, 0.15) is 18.4 Å². The van der Waals surface area contributed by atoms with Gasteiger partial charge in [0.2, 0.25) is 5.91 Å². The van der Waals surface area contributed by atoms with Gasteiger partial charge in [-0.25, -0.2) is 0 Å². The quantitative estimate of drug-likeness (QED) is 0.739. The van der Waals surface area contributed by atoms with Crippen molar-refractivity contribution in [1.82, 2.24) is 24.9 Å². The first-order valence-electron chi connectivity index (χ1n) is 10.1. The van der Waals surface area contributed by atoms with Crippen molar-refractivity contribution in [2.24, 2.45) is 5.73 Å². The molecule has 0 bridgehead atoms. The lowest BCUT2D eigenvalue weighted by Crippen LogP contribution is -2.56. The van der Waals surface area contributed by atoms with Crippen molar-refractivity contribution in [2.75, 3.05) is 46.3 Å². The van der Waals surface area contributed by atoms with E-state index in [0.717, 1.165) is 47.1 Å². The molecule has 8 heteroatoms. The molecular formula is C20H29BrN6O. The second-order valence-corrected chi connectivity index (χ2v) is 8.97. The number of piperazine rings is 1. The van der Waals surface area contributed by atoms with Crippen molar-refractivity contribution in [3.63, 3.8) is 0 Å². The Bertz CT molecular complexity index is 823. The Labute approximate surface area is 174 Å². The zero-order valence-electron chi connectivity index (χ0n) is 16.4. The van der Waals surface area contributed by atoms with E-state index in [1.54, 1.807) is 6.20 Å². The topological polar surface area (TPSA) is 81.5 Å². The summed E-state index contributed by atoms with van der Waals surface area (Å²) in [6.07, 6.45) is 4.79. The number of aromatic amines is 1. The fourth-order valence-corrected chi connectivity index (χ4v) is 5.05. The van der Waals surface area contributed by atoms with Gasteiger partial charge in [-0.15, -0.1) is 0 Å². The molecule has 3 heterocycles. The normalized spacial score (nSPS) is 21.3. The summed E-state index contributed by atoms with van der Waals surface area (Å²) >= 11 is 3.56. The van der Waals surface area contributed by atoms with Crippen molar-refractivity contribution in [1.29, 1.82) is 0 Å². The SMILES string of the molecule is CN1CCC(N2CCN(C(=O)C(N)Cc3cc(Br)c4[nH]ncc4c3)CC2)CC1. The smallest absolute Gasteiger partial charge is 0.239 e. The number of hydrogen-bond acceptors (Lipinski definition) is 5. The Kier molecular flexibility index (Phi) is 6.01. The first kappa shape index (κ1) is 19.8. The number of benzene rings is 1. The second-order valence-electron chi connectivity index (χ2n) is 8.12. The Morgan fingerprint density at radius 3 is 2.68 bits per heavy atom. The number of halogens is 1. The van der Waals surface area contributed by atoms with Gasteiger partial charge in [-0.05, 0) is 73.0 Å². The summed E-state index contributed by atoms with van der Waals surface area (Å²) < 4.78 is 0.948. The maximum atomic E-state index is 12.9. The van der Waals surface area contributed by atoms with E-state index in [0.29, 0.717) is 12.5 Å². The highest BCUT2D eigenvalue weighted by Gasteiger charge is 2.29. The summed E-state index contributed by atoms with van der Waals surface area (Å²) in [4.78, 5) is 19.8. The monoisotopic (exact) mass is 448 g/mol. The van der Waals surface area contributed by atoms with Gasteiger partial charge in [0, 0.05) is 42.1 Å². The molecule has 4 rings (SSSR count). The van der Waals surface area contributed by atoms with Gasteiger partial charge in [0.05, 0.1) is 17.8 Å². The molecule has 0 aliphatic carbocycles. The van der Waals surface area contributed by atoms with Crippen LogP contribution in [-0.2, 0) is 11.2 Å². The van der Waals surface area contributed by atoms with Crippen molar-refractivity contribution < 1.29 is 4.79 Å². The molecule has 1 aromatic heterocycles. The average Bonchev–Trinajstić information content (AvgIpc) is 3.17. The second kappa shape index (κ2) is 8.49. The van der Waals surface area contributed by atoms with Gasteiger partial charge < -0.3 is 15.5 Å². The standard InChI is InChI=1S/C20H29BrN6O/c1-25-4-2-16(3-5-25)26-6-8-27(9-7-26)20(28)18(22)12-14-10-15-13-23-24-19(15)17(21)11-14/h10-11,13,16,18H,2-9,12,22H2,1H3,(H,23,24). The summed E-state index contributed by atoms with van der Waals surface area (Å²) in [5.74, 6) is 0.0615. The Balaban J connectivity index is 1.31. The number of nitrogens with one attached hydrogen (secondary N) is 1. The number of aromatic nitrogens is 2. The molecule has 28 heavy (non-hydrogen) atoms. The van der Waals surface area contributed by atoms with Crippen LogP contribution in [0.5, 0.6) is 0 Å². The van der Waals surface area contributed by atoms with Crippen LogP contribution in [0.4, 0.5) is 0 Å². The molecule has 1 aromatic carbocycles. The van der Waals surface area contributed by atoms with Crippen LogP contribution in [0.2, 0.25) is 0 Å². The molecule has 0 saturated carbocycles. The number of carbonyl (C=O) groups is 1. The Morgan fingerprint density at radius 2 is 1.96 bits per heavy atom. The maximum Gasteiger partial charge on any atom is 0.239 e. The number of nitrogens with zero attached hydrogens (tertiary/aromatic N) is 4. The predicted molar refractivity (Wildman–Crippen MR) is 114 cm³/mol. The lowest BCUT2D eigenvalue weighted by molar-refractivity contribution is -0.134.